The summed E-state index contributed by atoms with van der Waals surface area (Å²) in [4.78, 5) is 10.9. The van der Waals surface area contributed by atoms with Crippen LogP contribution in [0.1, 0.15) is 42.5 Å². The van der Waals surface area contributed by atoms with Crippen LogP contribution in [-0.2, 0) is 12.0 Å². The van der Waals surface area contributed by atoms with Crippen molar-refractivity contribution in [1.82, 2.24) is 15.0 Å². The summed E-state index contributed by atoms with van der Waals surface area (Å²) in [5.41, 5.74) is 8.24. The molecule has 0 bridgehead atoms. The molecule has 0 aliphatic rings. The van der Waals surface area contributed by atoms with E-state index in [0.29, 0.717) is 6.54 Å². The van der Waals surface area contributed by atoms with Crippen LogP contribution in [0.25, 0.3) is 5.69 Å². The average Bonchev–Trinajstić information content (AvgIpc) is 2.82. The maximum atomic E-state index is 10.9. The molecule has 1 heterocycles. The zero-order valence-corrected chi connectivity index (χ0v) is 11.8. The van der Waals surface area contributed by atoms with E-state index in [1.54, 1.807) is 28.9 Å². The van der Waals surface area contributed by atoms with Crippen LogP contribution in [0, 0.1) is 0 Å². The molecule has 3 N–H and O–H groups in total. The Morgan fingerprint density at radius 1 is 1.30 bits per heavy atom. The SMILES string of the molecule is CC(C)(C)c1c(CN)nnn1-c1ccc(C(=O)O)cc1. The van der Waals surface area contributed by atoms with Crippen LogP contribution >= 0.6 is 0 Å². The highest BCUT2D eigenvalue weighted by molar-refractivity contribution is 5.87. The molecular weight excluding hydrogens is 256 g/mol. The van der Waals surface area contributed by atoms with Crippen LogP contribution in [0.5, 0.6) is 0 Å². The molecule has 1 aromatic carbocycles. The van der Waals surface area contributed by atoms with Gasteiger partial charge in [-0.15, -0.1) is 5.10 Å². The van der Waals surface area contributed by atoms with E-state index >= 15 is 0 Å². The van der Waals surface area contributed by atoms with Crippen LogP contribution in [0.4, 0.5) is 0 Å². The number of aromatic nitrogens is 3. The van der Waals surface area contributed by atoms with Gasteiger partial charge in [0.05, 0.1) is 16.9 Å². The van der Waals surface area contributed by atoms with Gasteiger partial charge in [0.25, 0.3) is 0 Å². The lowest BCUT2D eigenvalue weighted by molar-refractivity contribution is 0.0697. The number of aromatic carboxylic acids is 1. The van der Waals surface area contributed by atoms with Crippen LogP contribution in [0.15, 0.2) is 24.3 Å². The largest absolute Gasteiger partial charge is 0.478 e. The molecule has 0 unspecified atom stereocenters. The molecule has 0 fully saturated rings. The zero-order chi connectivity index (χ0) is 14.9. The number of nitrogens with zero attached hydrogens (tertiary/aromatic N) is 3. The molecule has 0 saturated carbocycles. The Kier molecular flexibility index (Phi) is 3.59. The first-order valence-electron chi connectivity index (χ1n) is 6.33. The number of hydrogen-bond acceptors (Lipinski definition) is 4. The van der Waals surface area contributed by atoms with Gasteiger partial charge in [0.1, 0.15) is 5.69 Å². The second-order valence-corrected chi connectivity index (χ2v) is 5.60. The highest BCUT2D eigenvalue weighted by Gasteiger charge is 2.25. The van der Waals surface area contributed by atoms with Gasteiger partial charge in [-0.2, -0.15) is 0 Å². The first-order valence-corrected chi connectivity index (χ1v) is 6.33. The maximum absolute atomic E-state index is 10.9. The van der Waals surface area contributed by atoms with Gasteiger partial charge >= 0.3 is 5.97 Å². The maximum Gasteiger partial charge on any atom is 0.335 e. The summed E-state index contributed by atoms with van der Waals surface area (Å²) >= 11 is 0. The fourth-order valence-electron chi connectivity index (χ4n) is 2.13. The standard InChI is InChI=1S/C14H18N4O2/c1-14(2,3)12-11(8-15)16-17-18(12)10-6-4-9(5-7-10)13(19)20/h4-7H,8,15H2,1-3H3,(H,19,20). The summed E-state index contributed by atoms with van der Waals surface area (Å²) < 4.78 is 1.72. The second kappa shape index (κ2) is 5.05. The molecule has 6 nitrogen and oxygen atoms in total. The van der Waals surface area contributed by atoms with Crippen molar-refractivity contribution in [2.45, 2.75) is 32.7 Å². The molecule has 0 aliphatic heterocycles. The molecule has 0 amide bonds. The number of carboxylic acids is 1. The lowest BCUT2D eigenvalue weighted by Crippen LogP contribution is -2.20. The number of hydrogen-bond donors (Lipinski definition) is 2. The van der Waals surface area contributed by atoms with E-state index in [1.165, 1.54) is 0 Å². The van der Waals surface area contributed by atoms with Gasteiger partial charge in [-0.05, 0) is 24.3 Å². The fraction of sp³-hybridized carbons (Fsp3) is 0.357. The van der Waals surface area contributed by atoms with E-state index in [9.17, 15) is 4.79 Å². The van der Waals surface area contributed by atoms with Gasteiger partial charge in [-0.25, -0.2) is 9.48 Å². The van der Waals surface area contributed by atoms with Crippen molar-refractivity contribution in [2.24, 2.45) is 5.73 Å². The van der Waals surface area contributed by atoms with Gasteiger partial charge < -0.3 is 10.8 Å². The monoisotopic (exact) mass is 274 g/mol. The van der Waals surface area contributed by atoms with Crippen molar-refractivity contribution in [2.75, 3.05) is 0 Å². The van der Waals surface area contributed by atoms with Gasteiger partial charge in [-0.3, -0.25) is 0 Å². The molecule has 0 aliphatic carbocycles. The number of carboxylic acid groups (broad SMARTS) is 1. The highest BCUT2D eigenvalue weighted by atomic mass is 16.4. The first-order chi connectivity index (χ1) is 9.34. The van der Waals surface area contributed by atoms with Crippen LogP contribution in [0.2, 0.25) is 0 Å². The minimum Gasteiger partial charge on any atom is -0.478 e. The Morgan fingerprint density at radius 3 is 2.35 bits per heavy atom. The van der Waals surface area contributed by atoms with Crippen LogP contribution in [0.3, 0.4) is 0 Å². The Labute approximate surface area is 117 Å². The Balaban J connectivity index is 2.53. The normalized spacial score (nSPS) is 11.6. The average molecular weight is 274 g/mol. The smallest absolute Gasteiger partial charge is 0.335 e. The lowest BCUT2D eigenvalue weighted by atomic mass is 9.90. The Hall–Kier alpha value is -2.21. The topological polar surface area (TPSA) is 94.0 Å². The van der Waals surface area contributed by atoms with Crippen LogP contribution in [-0.4, -0.2) is 26.1 Å². The second-order valence-electron chi connectivity index (χ2n) is 5.60. The summed E-state index contributed by atoms with van der Waals surface area (Å²) in [6.45, 7) is 6.51. The summed E-state index contributed by atoms with van der Waals surface area (Å²) in [6.07, 6.45) is 0. The number of rotatable bonds is 3. The molecule has 2 aromatic rings. The van der Waals surface area contributed by atoms with Gasteiger partial charge in [0.15, 0.2) is 0 Å². The van der Waals surface area contributed by atoms with Crippen molar-refractivity contribution in [3.8, 4) is 5.69 Å². The van der Waals surface area contributed by atoms with Gasteiger partial charge in [0, 0.05) is 12.0 Å². The minimum absolute atomic E-state index is 0.163. The van der Waals surface area contributed by atoms with E-state index in [0.717, 1.165) is 17.1 Å². The molecule has 20 heavy (non-hydrogen) atoms. The van der Waals surface area contributed by atoms with Crippen molar-refractivity contribution >= 4 is 5.97 Å². The predicted octanol–water partition coefficient (Wildman–Crippen LogP) is 1.72. The van der Waals surface area contributed by atoms with Gasteiger partial charge in [0.2, 0.25) is 0 Å². The van der Waals surface area contributed by atoms with E-state index in [-0.39, 0.29) is 11.0 Å². The third-order valence-corrected chi connectivity index (χ3v) is 3.00. The van der Waals surface area contributed by atoms with E-state index < -0.39 is 5.97 Å². The Morgan fingerprint density at radius 2 is 1.90 bits per heavy atom. The van der Waals surface area contributed by atoms with E-state index in [2.05, 4.69) is 31.1 Å². The summed E-state index contributed by atoms with van der Waals surface area (Å²) in [5.74, 6) is -0.950. The minimum atomic E-state index is -0.950. The molecular formula is C14H18N4O2. The molecule has 1 aromatic heterocycles. The molecule has 0 spiro atoms. The van der Waals surface area contributed by atoms with E-state index in [1.807, 2.05) is 0 Å². The number of nitrogens with two attached hydrogens (primary N) is 1. The number of carbonyl (C=O) groups is 1. The van der Waals surface area contributed by atoms with Crippen molar-refractivity contribution < 1.29 is 9.90 Å². The summed E-state index contributed by atoms with van der Waals surface area (Å²) in [5, 5.41) is 17.2. The van der Waals surface area contributed by atoms with Crippen molar-refractivity contribution in [1.29, 1.82) is 0 Å². The Bertz CT molecular complexity index is 624. The van der Waals surface area contributed by atoms with Crippen molar-refractivity contribution in [3.05, 3.63) is 41.2 Å². The summed E-state index contributed by atoms with van der Waals surface area (Å²) in [7, 11) is 0. The lowest BCUT2D eigenvalue weighted by Gasteiger charge is -2.21. The first kappa shape index (κ1) is 14.2. The molecule has 0 atom stereocenters. The molecule has 2 rings (SSSR count). The fourth-order valence-corrected chi connectivity index (χ4v) is 2.13. The molecule has 0 saturated heterocycles. The number of benzene rings is 1. The zero-order valence-electron chi connectivity index (χ0n) is 11.8. The summed E-state index contributed by atoms with van der Waals surface area (Å²) in [6, 6.07) is 6.53. The molecule has 106 valence electrons. The molecule has 6 heteroatoms. The van der Waals surface area contributed by atoms with Gasteiger partial charge in [-0.1, -0.05) is 26.0 Å². The predicted molar refractivity (Wildman–Crippen MR) is 74.9 cm³/mol. The highest BCUT2D eigenvalue weighted by Crippen LogP contribution is 2.26. The van der Waals surface area contributed by atoms with E-state index in [4.69, 9.17) is 10.8 Å². The third-order valence-electron chi connectivity index (χ3n) is 3.00. The van der Waals surface area contributed by atoms with Crippen LogP contribution < -0.4 is 5.73 Å². The molecule has 0 radical (unpaired) electrons. The third kappa shape index (κ3) is 2.55. The quantitative estimate of drug-likeness (QED) is 0.888. The van der Waals surface area contributed by atoms with Crippen molar-refractivity contribution in [3.63, 3.8) is 0 Å².